The van der Waals surface area contributed by atoms with E-state index in [1.807, 2.05) is 0 Å². The number of carbonyl (C=O) groups is 2. The quantitative estimate of drug-likeness (QED) is 0.337. The molecule has 4 rings (SSSR count). The number of furan rings is 1. The second kappa shape index (κ2) is 8.92. The third kappa shape index (κ3) is 4.51. The molecule has 0 saturated heterocycles. The molecule has 2 aromatic heterocycles. The van der Waals surface area contributed by atoms with Crippen molar-refractivity contribution in [2.45, 2.75) is 0 Å². The number of carbonyl (C=O) groups excluding carboxylic acids is 2. The van der Waals surface area contributed by atoms with Crippen molar-refractivity contribution in [3.05, 3.63) is 107 Å². The minimum absolute atomic E-state index is 0.00558. The van der Waals surface area contributed by atoms with Gasteiger partial charge in [-0.2, -0.15) is 0 Å². The van der Waals surface area contributed by atoms with E-state index in [0.717, 1.165) is 0 Å². The number of hydrogen-bond acceptors (Lipinski definition) is 6. The summed E-state index contributed by atoms with van der Waals surface area (Å²) in [5, 5.41) is 16.4. The number of nitro groups is 1. The fourth-order valence-electron chi connectivity index (χ4n) is 3.00. The summed E-state index contributed by atoms with van der Waals surface area (Å²) in [5.74, 6) is -0.677. The monoisotopic (exact) mass is 428 g/mol. The molecule has 9 nitrogen and oxygen atoms in total. The Balaban J connectivity index is 1.52. The van der Waals surface area contributed by atoms with Gasteiger partial charge in [-0.05, 0) is 36.4 Å². The molecule has 2 amide bonds. The molecular weight excluding hydrogens is 412 g/mol. The van der Waals surface area contributed by atoms with Crippen LogP contribution < -0.4 is 10.6 Å². The standard InChI is InChI=1S/C23H16N4O5/c28-22(25-16-6-4-12-24-14-16)18-8-1-2-9-19(18)26-23(29)21-11-10-20(32-21)15-5-3-7-17(13-15)27(30)31/h1-14H,(H,25,28)(H,26,29). The molecule has 0 atom stereocenters. The Hall–Kier alpha value is -4.79. The zero-order chi connectivity index (χ0) is 22.5. The fraction of sp³-hybridized carbons (Fsp3) is 0. The average Bonchev–Trinajstić information content (AvgIpc) is 3.31. The molecule has 0 spiro atoms. The number of aromatic nitrogens is 1. The first-order valence-corrected chi connectivity index (χ1v) is 9.48. The topological polar surface area (TPSA) is 127 Å². The number of pyridine rings is 1. The number of nitrogens with zero attached hydrogens (tertiary/aromatic N) is 2. The maximum atomic E-state index is 12.7. The summed E-state index contributed by atoms with van der Waals surface area (Å²) < 4.78 is 5.59. The number of para-hydroxylation sites is 1. The number of anilines is 2. The zero-order valence-corrected chi connectivity index (χ0v) is 16.5. The highest BCUT2D eigenvalue weighted by Crippen LogP contribution is 2.26. The van der Waals surface area contributed by atoms with Crippen molar-refractivity contribution in [2.75, 3.05) is 10.6 Å². The summed E-state index contributed by atoms with van der Waals surface area (Å²) in [6.07, 6.45) is 3.10. The van der Waals surface area contributed by atoms with Gasteiger partial charge < -0.3 is 15.1 Å². The second-order valence-corrected chi connectivity index (χ2v) is 6.67. The van der Waals surface area contributed by atoms with Crippen molar-refractivity contribution < 1.29 is 18.9 Å². The lowest BCUT2D eigenvalue weighted by Gasteiger charge is -2.10. The van der Waals surface area contributed by atoms with E-state index in [-0.39, 0.29) is 17.0 Å². The number of amides is 2. The summed E-state index contributed by atoms with van der Waals surface area (Å²) >= 11 is 0. The smallest absolute Gasteiger partial charge is 0.291 e. The number of hydrogen-bond donors (Lipinski definition) is 2. The van der Waals surface area contributed by atoms with Gasteiger partial charge in [0.25, 0.3) is 17.5 Å². The Kier molecular flexibility index (Phi) is 5.71. The van der Waals surface area contributed by atoms with Gasteiger partial charge in [-0.1, -0.05) is 24.3 Å². The van der Waals surface area contributed by atoms with Crippen molar-refractivity contribution >= 4 is 28.9 Å². The molecule has 0 radical (unpaired) electrons. The molecule has 2 heterocycles. The summed E-state index contributed by atoms with van der Waals surface area (Å²) in [5.41, 5.74) is 1.46. The van der Waals surface area contributed by atoms with E-state index in [2.05, 4.69) is 15.6 Å². The van der Waals surface area contributed by atoms with Gasteiger partial charge in [-0.3, -0.25) is 24.7 Å². The number of rotatable bonds is 6. The molecule has 0 aliphatic rings. The Bertz CT molecular complexity index is 1300. The maximum absolute atomic E-state index is 12.7. The first kappa shape index (κ1) is 20.5. The predicted octanol–water partition coefficient (Wildman–Crippen LogP) is 4.75. The normalized spacial score (nSPS) is 10.4. The molecule has 9 heteroatoms. The Morgan fingerprint density at radius 1 is 0.906 bits per heavy atom. The van der Waals surface area contributed by atoms with Crippen LogP contribution in [0.15, 0.2) is 89.6 Å². The van der Waals surface area contributed by atoms with Crippen molar-refractivity contribution in [3.63, 3.8) is 0 Å². The third-order valence-corrected chi connectivity index (χ3v) is 4.51. The molecule has 0 saturated carbocycles. The SMILES string of the molecule is O=C(Nc1ccccc1C(=O)Nc1cccnc1)c1ccc(-c2cccc([N+](=O)[O-])c2)o1. The van der Waals surface area contributed by atoms with Crippen molar-refractivity contribution in [1.82, 2.24) is 4.98 Å². The molecule has 0 unspecified atom stereocenters. The van der Waals surface area contributed by atoms with Crippen LogP contribution in [0.2, 0.25) is 0 Å². The fourth-order valence-corrected chi connectivity index (χ4v) is 3.00. The van der Waals surface area contributed by atoms with Crippen LogP contribution in [-0.4, -0.2) is 21.7 Å². The lowest BCUT2D eigenvalue weighted by Crippen LogP contribution is -2.18. The highest BCUT2D eigenvalue weighted by atomic mass is 16.6. The van der Waals surface area contributed by atoms with Crippen LogP contribution in [0.4, 0.5) is 17.1 Å². The van der Waals surface area contributed by atoms with Crippen LogP contribution in [0.5, 0.6) is 0 Å². The Labute approximate surface area is 181 Å². The molecule has 32 heavy (non-hydrogen) atoms. The highest BCUT2D eigenvalue weighted by Gasteiger charge is 2.18. The number of benzene rings is 2. The summed E-state index contributed by atoms with van der Waals surface area (Å²) in [4.78, 5) is 39.8. The van der Waals surface area contributed by atoms with E-state index >= 15 is 0 Å². The number of nitro benzene ring substituents is 1. The van der Waals surface area contributed by atoms with Gasteiger partial charge in [0.15, 0.2) is 5.76 Å². The molecule has 0 fully saturated rings. The lowest BCUT2D eigenvalue weighted by molar-refractivity contribution is -0.384. The lowest BCUT2D eigenvalue weighted by atomic mass is 10.1. The Morgan fingerprint density at radius 2 is 1.75 bits per heavy atom. The molecule has 158 valence electrons. The minimum Gasteiger partial charge on any atom is -0.451 e. The summed E-state index contributed by atoms with van der Waals surface area (Å²) in [6.45, 7) is 0. The second-order valence-electron chi connectivity index (χ2n) is 6.67. The molecule has 0 aliphatic heterocycles. The largest absolute Gasteiger partial charge is 0.451 e. The molecule has 2 N–H and O–H groups in total. The van der Waals surface area contributed by atoms with E-state index < -0.39 is 16.7 Å². The summed E-state index contributed by atoms with van der Waals surface area (Å²) in [6, 6.07) is 18.9. The van der Waals surface area contributed by atoms with Crippen LogP contribution in [0.3, 0.4) is 0 Å². The Morgan fingerprint density at radius 3 is 2.53 bits per heavy atom. The van der Waals surface area contributed by atoms with Crippen LogP contribution in [0.1, 0.15) is 20.9 Å². The van der Waals surface area contributed by atoms with Gasteiger partial charge in [-0.25, -0.2) is 0 Å². The first-order valence-electron chi connectivity index (χ1n) is 9.48. The van der Waals surface area contributed by atoms with Gasteiger partial charge >= 0.3 is 0 Å². The van der Waals surface area contributed by atoms with Gasteiger partial charge in [0.2, 0.25) is 0 Å². The molecular formula is C23H16N4O5. The van der Waals surface area contributed by atoms with Crippen LogP contribution in [-0.2, 0) is 0 Å². The summed E-state index contributed by atoms with van der Waals surface area (Å²) in [7, 11) is 0. The van der Waals surface area contributed by atoms with Gasteiger partial charge in [0.05, 0.1) is 28.1 Å². The maximum Gasteiger partial charge on any atom is 0.291 e. The average molecular weight is 428 g/mol. The van der Waals surface area contributed by atoms with Gasteiger partial charge in [0.1, 0.15) is 5.76 Å². The van der Waals surface area contributed by atoms with Crippen LogP contribution in [0.25, 0.3) is 11.3 Å². The van der Waals surface area contributed by atoms with E-state index in [1.165, 1.54) is 30.5 Å². The minimum atomic E-state index is -0.566. The molecule has 0 aliphatic carbocycles. The number of non-ortho nitro benzene ring substituents is 1. The highest BCUT2D eigenvalue weighted by molar-refractivity contribution is 6.12. The number of nitrogens with one attached hydrogen (secondary N) is 2. The molecule has 2 aromatic carbocycles. The van der Waals surface area contributed by atoms with Crippen molar-refractivity contribution in [2.24, 2.45) is 0 Å². The third-order valence-electron chi connectivity index (χ3n) is 4.51. The van der Waals surface area contributed by atoms with Gasteiger partial charge in [0, 0.05) is 23.9 Å². The predicted molar refractivity (Wildman–Crippen MR) is 117 cm³/mol. The van der Waals surface area contributed by atoms with E-state index in [0.29, 0.717) is 22.7 Å². The van der Waals surface area contributed by atoms with E-state index in [1.54, 1.807) is 54.7 Å². The first-order chi connectivity index (χ1) is 15.5. The zero-order valence-electron chi connectivity index (χ0n) is 16.5. The van der Waals surface area contributed by atoms with Crippen LogP contribution >= 0.6 is 0 Å². The molecule has 0 bridgehead atoms. The molecule has 4 aromatic rings. The van der Waals surface area contributed by atoms with Crippen molar-refractivity contribution in [1.29, 1.82) is 0 Å². The van der Waals surface area contributed by atoms with E-state index in [4.69, 9.17) is 4.42 Å². The van der Waals surface area contributed by atoms with Crippen LogP contribution in [0, 0.1) is 10.1 Å². The van der Waals surface area contributed by atoms with Gasteiger partial charge in [-0.15, -0.1) is 0 Å². The van der Waals surface area contributed by atoms with E-state index in [9.17, 15) is 19.7 Å². The van der Waals surface area contributed by atoms with Crippen molar-refractivity contribution in [3.8, 4) is 11.3 Å².